The molecule has 2 rings (SSSR count). The van der Waals surface area contributed by atoms with E-state index in [1.54, 1.807) is 0 Å². The third kappa shape index (κ3) is 5.78. The number of rotatable bonds is 7. The molecule has 0 aromatic heterocycles. The second-order valence-electron chi connectivity index (χ2n) is 7.27. The minimum atomic E-state index is 0.365. The number of nitrogens with one attached hydrogen (secondary N) is 1. The molecule has 19 heavy (non-hydrogen) atoms. The van der Waals surface area contributed by atoms with Crippen molar-refractivity contribution in [1.29, 1.82) is 0 Å². The Hall–Kier alpha value is -0.820. The summed E-state index contributed by atoms with van der Waals surface area (Å²) < 4.78 is 0. The molecule has 1 N–H and O–H groups in total. The lowest BCUT2D eigenvalue weighted by Crippen LogP contribution is -2.26. The smallest absolute Gasteiger partial charge is 0.0325 e. The van der Waals surface area contributed by atoms with E-state index in [0.29, 0.717) is 11.5 Å². The lowest BCUT2D eigenvalue weighted by molar-refractivity contribution is 0.310. The molecule has 1 aromatic rings. The van der Waals surface area contributed by atoms with E-state index in [9.17, 15) is 0 Å². The molecule has 1 fully saturated rings. The molecule has 0 heterocycles. The zero-order chi connectivity index (χ0) is 13.7. The van der Waals surface area contributed by atoms with Gasteiger partial charge in [0.05, 0.1) is 0 Å². The van der Waals surface area contributed by atoms with Crippen molar-refractivity contribution in [1.82, 2.24) is 5.32 Å². The van der Waals surface area contributed by atoms with E-state index in [4.69, 9.17) is 0 Å². The van der Waals surface area contributed by atoms with E-state index < -0.39 is 0 Å². The van der Waals surface area contributed by atoms with Gasteiger partial charge in [-0.2, -0.15) is 0 Å². The summed E-state index contributed by atoms with van der Waals surface area (Å²) in [6.45, 7) is 8.14. The van der Waals surface area contributed by atoms with Gasteiger partial charge < -0.3 is 5.32 Å². The van der Waals surface area contributed by atoms with Crippen LogP contribution in [0.4, 0.5) is 0 Å². The molecule has 1 aliphatic rings. The summed E-state index contributed by atoms with van der Waals surface area (Å²) in [4.78, 5) is 0. The average molecular weight is 259 g/mol. The maximum absolute atomic E-state index is 3.78. The van der Waals surface area contributed by atoms with E-state index >= 15 is 0 Å². The molecule has 1 heteroatoms. The molecular weight excluding hydrogens is 230 g/mol. The van der Waals surface area contributed by atoms with Gasteiger partial charge in [0.2, 0.25) is 0 Å². The first-order valence-electron chi connectivity index (χ1n) is 7.83. The second kappa shape index (κ2) is 6.56. The van der Waals surface area contributed by atoms with Gasteiger partial charge in [0.25, 0.3) is 0 Å². The molecule has 0 bridgehead atoms. The van der Waals surface area contributed by atoms with Crippen LogP contribution >= 0.6 is 0 Å². The number of benzene rings is 1. The Morgan fingerprint density at radius 2 is 1.84 bits per heavy atom. The quantitative estimate of drug-likeness (QED) is 0.684. The Morgan fingerprint density at radius 1 is 1.16 bits per heavy atom. The predicted octanol–water partition coefficient (Wildman–Crippen LogP) is 4.94. The summed E-state index contributed by atoms with van der Waals surface area (Å²) in [6, 6.07) is 11.4. The van der Waals surface area contributed by atoms with Gasteiger partial charge in [0.15, 0.2) is 0 Å². The van der Waals surface area contributed by atoms with Gasteiger partial charge in [-0.1, -0.05) is 63.9 Å². The molecule has 0 aliphatic heterocycles. The summed E-state index contributed by atoms with van der Waals surface area (Å²) in [6.07, 6.45) is 6.90. The lowest BCUT2D eigenvalue weighted by Gasteiger charge is -2.27. The zero-order valence-corrected chi connectivity index (χ0v) is 12.8. The highest BCUT2D eigenvalue weighted by Gasteiger charge is 2.22. The van der Waals surface area contributed by atoms with Crippen molar-refractivity contribution in [3.63, 3.8) is 0 Å². The van der Waals surface area contributed by atoms with E-state index in [2.05, 4.69) is 56.4 Å². The molecule has 0 amide bonds. The maximum Gasteiger partial charge on any atom is 0.0325 e. The fourth-order valence-electron chi connectivity index (χ4n) is 2.68. The van der Waals surface area contributed by atoms with Gasteiger partial charge >= 0.3 is 0 Å². The van der Waals surface area contributed by atoms with Crippen molar-refractivity contribution in [2.75, 3.05) is 6.54 Å². The fraction of sp³-hybridized carbons (Fsp3) is 0.667. The average Bonchev–Trinajstić information content (AvgIpc) is 3.17. The summed E-state index contributed by atoms with van der Waals surface area (Å²) in [5.41, 5.74) is 1.80. The van der Waals surface area contributed by atoms with Crippen LogP contribution in [0, 0.1) is 11.3 Å². The van der Waals surface area contributed by atoms with Crippen LogP contribution in [0.15, 0.2) is 30.3 Å². The van der Waals surface area contributed by atoms with Crippen molar-refractivity contribution in [2.24, 2.45) is 11.3 Å². The number of hydrogen-bond acceptors (Lipinski definition) is 1. The molecule has 1 nitrogen and oxygen atoms in total. The summed E-state index contributed by atoms with van der Waals surface area (Å²) in [5, 5.41) is 3.78. The molecule has 0 radical (unpaired) electrons. The monoisotopic (exact) mass is 259 g/mol. The van der Waals surface area contributed by atoms with Crippen LogP contribution in [-0.2, 0) is 0 Å². The Kier molecular flexibility index (Phi) is 5.04. The van der Waals surface area contributed by atoms with Crippen molar-refractivity contribution in [2.45, 2.75) is 58.9 Å². The van der Waals surface area contributed by atoms with Crippen LogP contribution in [0.3, 0.4) is 0 Å². The van der Waals surface area contributed by atoms with Crippen molar-refractivity contribution < 1.29 is 0 Å². The fourth-order valence-corrected chi connectivity index (χ4v) is 2.68. The van der Waals surface area contributed by atoms with Gasteiger partial charge in [-0.3, -0.25) is 0 Å². The highest BCUT2D eigenvalue weighted by Crippen LogP contribution is 2.33. The predicted molar refractivity (Wildman–Crippen MR) is 83.2 cm³/mol. The molecular formula is C18H29N. The first-order valence-corrected chi connectivity index (χ1v) is 7.83. The Labute approximate surface area is 118 Å². The van der Waals surface area contributed by atoms with Gasteiger partial charge in [-0.05, 0) is 42.7 Å². The van der Waals surface area contributed by atoms with Crippen molar-refractivity contribution in [3.05, 3.63) is 35.9 Å². The van der Waals surface area contributed by atoms with Gasteiger partial charge in [-0.25, -0.2) is 0 Å². The molecule has 1 unspecified atom stereocenters. The van der Waals surface area contributed by atoms with Gasteiger partial charge in [0, 0.05) is 6.04 Å². The van der Waals surface area contributed by atoms with Crippen LogP contribution in [0.1, 0.15) is 64.5 Å². The van der Waals surface area contributed by atoms with Crippen molar-refractivity contribution in [3.8, 4) is 0 Å². The largest absolute Gasteiger partial charge is 0.310 e. The Balaban J connectivity index is 1.85. The van der Waals surface area contributed by atoms with Crippen LogP contribution < -0.4 is 5.32 Å². The van der Waals surface area contributed by atoms with Gasteiger partial charge in [-0.15, -0.1) is 0 Å². The molecule has 1 aromatic carbocycles. The second-order valence-corrected chi connectivity index (χ2v) is 7.27. The first kappa shape index (κ1) is 14.6. The Morgan fingerprint density at radius 3 is 2.42 bits per heavy atom. The van der Waals surface area contributed by atoms with E-state index in [-0.39, 0.29) is 0 Å². The van der Waals surface area contributed by atoms with E-state index in [1.807, 2.05) is 0 Å². The van der Waals surface area contributed by atoms with Crippen LogP contribution in [-0.4, -0.2) is 6.54 Å². The van der Waals surface area contributed by atoms with Gasteiger partial charge in [0.1, 0.15) is 0 Å². The molecule has 1 atom stereocenters. The highest BCUT2D eigenvalue weighted by atomic mass is 14.9. The molecule has 1 aliphatic carbocycles. The molecule has 1 saturated carbocycles. The standard InChI is InChI=1S/C18H29N/c1-18(2,3)14-17(16-9-5-4-6-10-16)19-13-7-8-15-11-12-15/h4-6,9-10,15,17,19H,7-8,11-14H2,1-3H3. The molecule has 0 saturated heterocycles. The van der Waals surface area contributed by atoms with E-state index in [0.717, 1.165) is 12.5 Å². The summed E-state index contributed by atoms with van der Waals surface area (Å²) in [7, 11) is 0. The van der Waals surface area contributed by atoms with Crippen LogP contribution in [0.25, 0.3) is 0 Å². The number of hydrogen-bond donors (Lipinski definition) is 1. The minimum absolute atomic E-state index is 0.365. The topological polar surface area (TPSA) is 12.0 Å². The van der Waals surface area contributed by atoms with Crippen LogP contribution in [0.5, 0.6) is 0 Å². The Bertz CT molecular complexity index is 359. The molecule has 106 valence electrons. The van der Waals surface area contributed by atoms with Crippen LogP contribution in [0.2, 0.25) is 0 Å². The highest BCUT2D eigenvalue weighted by molar-refractivity contribution is 5.19. The first-order chi connectivity index (χ1) is 9.04. The van der Waals surface area contributed by atoms with Crippen molar-refractivity contribution >= 4 is 0 Å². The zero-order valence-electron chi connectivity index (χ0n) is 12.8. The summed E-state index contributed by atoms with van der Waals surface area (Å²) >= 11 is 0. The third-order valence-corrected chi connectivity index (χ3v) is 3.90. The molecule has 0 spiro atoms. The third-order valence-electron chi connectivity index (χ3n) is 3.90. The van der Waals surface area contributed by atoms with E-state index in [1.165, 1.54) is 37.7 Å². The summed E-state index contributed by atoms with van der Waals surface area (Å²) in [5.74, 6) is 1.06. The lowest BCUT2D eigenvalue weighted by atomic mass is 9.85. The minimum Gasteiger partial charge on any atom is -0.310 e. The maximum atomic E-state index is 3.78. The SMILES string of the molecule is CC(C)(C)CC(NCCCC1CC1)c1ccccc1. The normalized spacial score (nSPS) is 17.4.